The van der Waals surface area contributed by atoms with Gasteiger partial charge in [0.05, 0.1) is 67.6 Å². The second-order valence-corrected chi connectivity index (χ2v) is 39.5. The molecule has 716 valence electrons. The third kappa shape index (κ3) is 19.5. The summed E-state index contributed by atoms with van der Waals surface area (Å²) in [7, 11) is 3.80. The van der Waals surface area contributed by atoms with Crippen LogP contribution in [0.3, 0.4) is 0 Å². The van der Waals surface area contributed by atoms with E-state index < -0.39 is 22.7 Å². The summed E-state index contributed by atoms with van der Waals surface area (Å²) in [5, 5.41) is 44.0. The molecule has 12 aromatic rings. The van der Waals surface area contributed by atoms with E-state index in [0.717, 1.165) is 257 Å². The number of aliphatic hydroxyl groups is 4. The number of hydrogen-bond acceptors (Lipinski definition) is 28. The van der Waals surface area contributed by atoms with Crippen molar-refractivity contribution in [3.63, 3.8) is 0 Å². The fraction of sp³-hybridized carbons (Fsp3) is 0.480. The first-order chi connectivity index (χ1) is 65.6. The normalized spacial score (nSPS) is 19.8. The minimum atomic E-state index is -1.48. The number of hydrogen-bond donors (Lipinski definition) is 4. The van der Waals surface area contributed by atoms with Crippen LogP contribution in [0.1, 0.15) is 123 Å². The highest BCUT2D eigenvalue weighted by molar-refractivity contribution is 6.37. The highest BCUT2D eigenvalue weighted by Gasteiger charge is 2.51. The summed E-state index contributed by atoms with van der Waals surface area (Å²) < 4.78 is 61.1. The van der Waals surface area contributed by atoms with E-state index in [1.165, 1.54) is 0 Å². The highest BCUT2D eigenvalue weighted by Crippen LogP contribution is 2.53. The third-order valence-electron chi connectivity index (χ3n) is 28.4. The second-order valence-electron chi connectivity index (χ2n) is 37.9. The van der Waals surface area contributed by atoms with E-state index >= 15 is 17.6 Å². The fourth-order valence-electron chi connectivity index (χ4n) is 19.6. The van der Waals surface area contributed by atoms with Crippen molar-refractivity contribution in [1.82, 2.24) is 59.8 Å². The maximum absolute atomic E-state index is 15.5. The van der Waals surface area contributed by atoms with Crippen LogP contribution in [0.15, 0.2) is 122 Å². The number of fused-ring (bicyclic) bond motifs is 4. The molecular formula is C100H116Cl4F4N24O4. The monoisotopic (exact) mass is 1930 g/mol. The number of nitrogens with zero attached hydrogens (tertiary/aromatic N) is 24. The molecule has 6 aliphatic heterocycles. The lowest BCUT2D eigenvalue weighted by molar-refractivity contribution is 0.0510. The van der Waals surface area contributed by atoms with Gasteiger partial charge in [-0.15, -0.1) is 0 Å². The third-order valence-corrected chi connectivity index (χ3v) is 29.6. The average Bonchev–Trinajstić information content (AvgIpc) is 1.55. The molecule has 0 bridgehead atoms. The Morgan fingerprint density at radius 1 is 0.324 bits per heavy atom. The molecule has 0 unspecified atom stereocenters. The molecule has 22 rings (SSSR count). The SMILES string of the molecule is Cc1cccnc1N1CCN(c2nc(C3(F)CC3)nc3c(Cl)cc(N(C)CCO)cc23)CC1.Cc1cccnc1N1CCN(c2nc(C3(F)CC3)nc3c(Cl)cc(N4CC[C@H](O)C4)cc23)CC1.Cc1cccnc1N1CCN(c2nc(C3(F)CCC3)nc3c(Cl)cc(N(C)CCO)cc23)CC1.Cc1cccnc1N1CCN(c2nc(C3(F)CCC3)nc3c(Cl)cc(N4CC[C@H](O)C4)cc23)CC1. The number of aliphatic hydroxyl groups excluding tert-OH is 4. The van der Waals surface area contributed by atoms with Gasteiger partial charge in [0.2, 0.25) is 0 Å². The number of aryl methyl sites for hydroxylation is 4. The van der Waals surface area contributed by atoms with Crippen molar-refractivity contribution >= 4 is 159 Å². The standard InChI is InChI=1S/C26H30ClFN6O.C25H28ClFN6O.C25H30ClFN6O.C24H28ClFN6O/c1-17-4-2-8-29-23(17)32-10-12-33(13-11-32)24-20-14-18(34-9-5-19(35)16-34)15-21(27)22(20)30-25(31-24)26(28)6-3-7-26;1-16-3-2-7-28-22(16)31-9-11-32(12-10-31)23-19-13-17(33-8-4-18(34)15-33)14-20(26)21(19)29-24(30-23)25(27)5-6-25;1-17-5-3-8-28-22(17)32-9-11-33(12-10-32)23-19-15-18(31(2)13-14-34)16-20(26)21(19)29-24(30-23)25(27)6-4-7-25;1-16-4-3-7-27-21(16)31-8-10-32(11-9-31)22-18-14-17(30(2)12-13-33)15-19(25)20(18)28-23(29-22)24(26)5-6-24/h2,4,8,14-15,19,35H,3,5-7,9-13,16H2,1H3;2-3,7,13-14,18,34H,4-6,8-12,15H2,1H3;3,5,8,15-16,34H,4,6-7,9-14H2,1-2H3;3-4,7,14-15,33H,5-6,8-13H2,1-2H3/t19-;18-;;/m00../s1. The predicted octanol–water partition coefficient (Wildman–Crippen LogP) is 15.9. The van der Waals surface area contributed by atoms with Crippen LogP contribution < -0.4 is 58.8 Å². The van der Waals surface area contributed by atoms with Crippen LogP contribution >= 0.6 is 46.4 Å². The summed E-state index contributed by atoms with van der Waals surface area (Å²) in [6.07, 6.45) is 13.4. The molecular weight excluding hydrogens is 1820 g/mol. The number of likely N-dealkylation sites (N-methyl/N-ethyl adjacent to an activating group) is 2. The summed E-state index contributed by atoms with van der Waals surface area (Å²) >= 11 is 26.8. The van der Waals surface area contributed by atoms with Gasteiger partial charge in [0.15, 0.2) is 46.0 Å². The van der Waals surface area contributed by atoms with Crippen molar-refractivity contribution in [2.24, 2.45) is 0 Å². The number of β-amino-alcohol motifs (C(OH)–C–C–N with tert-alkyl or cyclic N) is 2. The van der Waals surface area contributed by atoms with Crippen molar-refractivity contribution in [3.8, 4) is 0 Å². The number of halogens is 8. The largest absolute Gasteiger partial charge is 0.395 e. The van der Waals surface area contributed by atoms with Crippen LogP contribution in [0.5, 0.6) is 0 Å². The molecule has 4 saturated carbocycles. The highest BCUT2D eigenvalue weighted by atomic mass is 35.5. The molecule has 10 fully saturated rings. The second kappa shape index (κ2) is 39.2. The van der Waals surface area contributed by atoms with Gasteiger partial charge in [0.1, 0.15) is 46.5 Å². The lowest BCUT2D eigenvalue weighted by Crippen LogP contribution is -2.47. The minimum absolute atomic E-state index is 0.0354. The van der Waals surface area contributed by atoms with Gasteiger partial charge in [-0.1, -0.05) is 70.7 Å². The zero-order valence-corrected chi connectivity index (χ0v) is 80.7. The fourth-order valence-corrected chi connectivity index (χ4v) is 20.6. The molecule has 4 aromatic carbocycles. The first kappa shape index (κ1) is 94.1. The number of pyridine rings is 4. The molecule has 10 aliphatic rings. The van der Waals surface area contributed by atoms with Crippen molar-refractivity contribution in [2.75, 3.05) is 230 Å². The molecule has 0 spiro atoms. The Balaban J connectivity index is 0.000000116. The van der Waals surface area contributed by atoms with Crippen molar-refractivity contribution in [3.05, 3.63) is 187 Å². The van der Waals surface area contributed by atoms with Crippen LogP contribution in [-0.4, -0.2) is 264 Å². The summed E-state index contributed by atoms with van der Waals surface area (Å²) in [6, 6.07) is 31.6. The molecule has 14 heterocycles. The Labute approximate surface area is 809 Å². The Morgan fingerprint density at radius 3 is 0.787 bits per heavy atom. The smallest absolute Gasteiger partial charge is 0.170 e. The quantitative estimate of drug-likeness (QED) is 0.0516. The molecule has 4 aliphatic carbocycles. The van der Waals surface area contributed by atoms with Gasteiger partial charge in [-0.05, 0) is 200 Å². The van der Waals surface area contributed by atoms with Gasteiger partial charge < -0.3 is 79.2 Å². The summed E-state index contributed by atoms with van der Waals surface area (Å²) in [6.45, 7) is 24.3. The lowest BCUT2D eigenvalue weighted by atomic mass is 9.81. The van der Waals surface area contributed by atoms with Crippen LogP contribution in [0.25, 0.3) is 43.6 Å². The maximum atomic E-state index is 15.5. The average molecular weight is 1940 g/mol. The van der Waals surface area contributed by atoms with E-state index in [-0.39, 0.29) is 48.7 Å². The Hall–Kier alpha value is -10.8. The van der Waals surface area contributed by atoms with Gasteiger partial charge in [0, 0.05) is 227 Å². The van der Waals surface area contributed by atoms with Crippen molar-refractivity contribution in [1.29, 1.82) is 0 Å². The number of anilines is 12. The van der Waals surface area contributed by atoms with E-state index in [2.05, 4.69) is 147 Å². The predicted molar refractivity (Wildman–Crippen MR) is 535 cm³/mol. The van der Waals surface area contributed by atoms with Gasteiger partial charge in [0.25, 0.3) is 0 Å². The lowest BCUT2D eigenvalue weighted by Gasteiger charge is -2.38. The zero-order chi connectivity index (χ0) is 94.6. The first-order valence-electron chi connectivity index (χ1n) is 47.6. The zero-order valence-electron chi connectivity index (χ0n) is 77.7. The number of benzene rings is 4. The van der Waals surface area contributed by atoms with Crippen LogP contribution in [0.2, 0.25) is 20.1 Å². The number of alkyl halides is 4. The van der Waals surface area contributed by atoms with E-state index in [9.17, 15) is 20.4 Å². The molecule has 0 radical (unpaired) electrons. The van der Waals surface area contributed by atoms with Gasteiger partial charge in [-0.3, -0.25) is 0 Å². The first-order valence-corrected chi connectivity index (χ1v) is 49.1. The Morgan fingerprint density at radius 2 is 0.566 bits per heavy atom. The molecule has 8 aromatic heterocycles. The van der Waals surface area contributed by atoms with Crippen LogP contribution in [-0.2, 0) is 22.7 Å². The van der Waals surface area contributed by atoms with E-state index in [4.69, 9.17) is 66.3 Å². The maximum Gasteiger partial charge on any atom is 0.170 e. The Kier molecular flexibility index (Phi) is 27.1. The van der Waals surface area contributed by atoms with Gasteiger partial charge in [-0.25, -0.2) is 77.4 Å². The molecule has 136 heavy (non-hydrogen) atoms. The molecule has 6 saturated heterocycles. The number of rotatable bonds is 20. The topological polar surface area (TPSA) is 274 Å². The van der Waals surface area contributed by atoms with E-state index in [1.54, 1.807) is 0 Å². The van der Waals surface area contributed by atoms with Gasteiger partial charge in [-0.2, -0.15) is 0 Å². The molecule has 0 amide bonds. The van der Waals surface area contributed by atoms with Crippen LogP contribution in [0, 0.1) is 27.7 Å². The van der Waals surface area contributed by atoms with Crippen LogP contribution in [0.4, 0.5) is 86.9 Å². The number of piperazine rings is 4. The Bertz CT molecular complexity index is 6400. The summed E-state index contributed by atoms with van der Waals surface area (Å²) in [5.41, 5.74) is 4.72. The van der Waals surface area contributed by atoms with Crippen molar-refractivity contribution < 1.29 is 38.0 Å². The minimum Gasteiger partial charge on any atom is -0.395 e. The van der Waals surface area contributed by atoms with E-state index in [1.807, 2.05) is 115 Å². The van der Waals surface area contributed by atoms with Crippen molar-refractivity contribution in [2.45, 2.75) is 140 Å². The summed E-state index contributed by atoms with van der Waals surface area (Å²) in [5.74, 6) is 7.91. The molecule has 28 nitrogen and oxygen atoms in total. The summed E-state index contributed by atoms with van der Waals surface area (Å²) in [4.78, 5) is 81.9. The molecule has 36 heteroatoms. The van der Waals surface area contributed by atoms with Gasteiger partial charge >= 0.3 is 0 Å². The molecule has 2 atom stereocenters. The molecule has 4 N–H and O–H groups in total. The number of aromatic nitrogens is 12. The van der Waals surface area contributed by atoms with E-state index in [0.29, 0.717) is 120 Å².